The molecule has 0 saturated heterocycles. The van der Waals surface area contributed by atoms with E-state index in [9.17, 15) is 9.59 Å². The number of hydrogen-bond donors (Lipinski definition) is 2. The van der Waals surface area contributed by atoms with Crippen molar-refractivity contribution in [1.82, 2.24) is 0 Å². The zero-order valence-electron chi connectivity index (χ0n) is 12.7. The van der Waals surface area contributed by atoms with Gasteiger partial charge in [-0.25, -0.2) is 0 Å². The van der Waals surface area contributed by atoms with Crippen LogP contribution in [0, 0.1) is 0 Å². The molecule has 0 saturated carbocycles. The van der Waals surface area contributed by atoms with Gasteiger partial charge in [0, 0.05) is 37.3 Å². The van der Waals surface area contributed by atoms with Gasteiger partial charge in [-0.3, -0.25) is 9.59 Å². The number of rotatable bonds is 5. The van der Waals surface area contributed by atoms with Crippen LogP contribution in [-0.2, 0) is 16.0 Å². The van der Waals surface area contributed by atoms with Crippen molar-refractivity contribution in [3.05, 3.63) is 23.8 Å². The summed E-state index contributed by atoms with van der Waals surface area (Å²) in [7, 11) is 0. The van der Waals surface area contributed by atoms with Crippen LogP contribution < -0.4 is 16.0 Å². The summed E-state index contributed by atoms with van der Waals surface area (Å²) in [6.45, 7) is 4.34. The Morgan fingerprint density at radius 3 is 2.86 bits per heavy atom. The van der Waals surface area contributed by atoms with Gasteiger partial charge in [0.15, 0.2) is 0 Å². The highest BCUT2D eigenvalue weighted by Gasteiger charge is 2.22. The molecule has 0 fully saturated rings. The van der Waals surface area contributed by atoms with E-state index in [2.05, 4.69) is 12.2 Å². The van der Waals surface area contributed by atoms with Crippen molar-refractivity contribution in [2.75, 3.05) is 16.8 Å². The Morgan fingerprint density at radius 1 is 1.43 bits per heavy atom. The van der Waals surface area contributed by atoms with Crippen LogP contribution in [0.3, 0.4) is 0 Å². The van der Waals surface area contributed by atoms with Crippen LogP contribution in [0.1, 0.15) is 38.7 Å². The first kappa shape index (κ1) is 15.5. The van der Waals surface area contributed by atoms with Crippen LogP contribution in [0.2, 0.25) is 0 Å². The van der Waals surface area contributed by atoms with E-state index in [1.54, 1.807) is 11.8 Å². The first-order valence-electron chi connectivity index (χ1n) is 7.47. The summed E-state index contributed by atoms with van der Waals surface area (Å²) in [4.78, 5) is 25.2. The molecule has 0 aromatic heterocycles. The maximum Gasteiger partial charge on any atom is 0.225 e. The maximum atomic E-state index is 11.9. The third-order valence-electron chi connectivity index (χ3n) is 3.75. The third-order valence-corrected chi connectivity index (χ3v) is 3.75. The molecule has 1 unspecified atom stereocenters. The van der Waals surface area contributed by atoms with E-state index in [1.165, 1.54) is 0 Å². The Kier molecular flexibility index (Phi) is 4.96. The van der Waals surface area contributed by atoms with Gasteiger partial charge < -0.3 is 16.0 Å². The van der Waals surface area contributed by atoms with Gasteiger partial charge in [0.1, 0.15) is 0 Å². The second kappa shape index (κ2) is 6.72. The van der Waals surface area contributed by atoms with Crippen LogP contribution >= 0.6 is 0 Å². The van der Waals surface area contributed by atoms with E-state index in [0.29, 0.717) is 13.0 Å². The van der Waals surface area contributed by atoms with Crippen molar-refractivity contribution in [2.45, 2.75) is 45.6 Å². The molecule has 1 aromatic carbocycles. The van der Waals surface area contributed by atoms with E-state index >= 15 is 0 Å². The topological polar surface area (TPSA) is 75.4 Å². The summed E-state index contributed by atoms with van der Waals surface area (Å²) in [6.07, 6.45) is 3.00. The van der Waals surface area contributed by atoms with Crippen molar-refractivity contribution in [2.24, 2.45) is 5.73 Å². The van der Waals surface area contributed by atoms with Crippen molar-refractivity contribution < 1.29 is 9.59 Å². The van der Waals surface area contributed by atoms with Gasteiger partial charge in [0.25, 0.3) is 0 Å². The molecule has 5 heteroatoms. The summed E-state index contributed by atoms with van der Waals surface area (Å²) >= 11 is 0. The monoisotopic (exact) mass is 289 g/mol. The minimum absolute atomic E-state index is 0.0519. The molecule has 0 aliphatic carbocycles. The normalized spacial score (nSPS) is 14.7. The molecule has 21 heavy (non-hydrogen) atoms. The van der Waals surface area contributed by atoms with Crippen molar-refractivity contribution in [1.29, 1.82) is 0 Å². The molecule has 1 aromatic rings. The number of carbonyl (C=O) groups excluding carboxylic acids is 2. The number of fused-ring (bicyclic) bond motifs is 1. The zero-order valence-corrected chi connectivity index (χ0v) is 12.7. The molecule has 2 amide bonds. The Bertz CT molecular complexity index is 542. The van der Waals surface area contributed by atoms with Gasteiger partial charge in [-0.2, -0.15) is 0 Å². The molecule has 1 atom stereocenters. The van der Waals surface area contributed by atoms with E-state index in [0.717, 1.165) is 36.2 Å². The first-order chi connectivity index (χ1) is 10.0. The predicted molar refractivity (Wildman–Crippen MR) is 84.3 cm³/mol. The smallest absolute Gasteiger partial charge is 0.225 e. The molecule has 0 radical (unpaired) electrons. The molecule has 2 rings (SSSR count). The lowest BCUT2D eigenvalue weighted by molar-refractivity contribution is -0.117. The lowest BCUT2D eigenvalue weighted by atomic mass is 10.1. The van der Waals surface area contributed by atoms with Crippen molar-refractivity contribution in [3.8, 4) is 0 Å². The van der Waals surface area contributed by atoms with Gasteiger partial charge in [-0.05, 0) is 36.6 Å². The summed E-state index contributed by atoms with van der Waals surface area (Å²) in [6, 6.07) is 5.59. The number of benzene rings is 1. The lowest BCUT2D eigenvalue weighted by Gasteiger charge is -2.15. The molecule has 114 valence electrons. The summed E-state index contributed by atoms with van der Waals surface area (Å²) in [5.41, 5.74) is 8.69. The standard InChI is InChI=1S/C16H23N3O2/c1-3-4-13(17)10-16(21)18-14-5-6-15-12(9-14)7-8-19(15)11(2)20/h5-6,9,13H,3-4,7-8,10,17H2,1-2H3,(H,18,21). The number of carbonyl (C=O) groups is 2. The SMILES string of the molecule is CCCC(N)CC(=O)Nc1ccc2c(c1)CCN2C(C)=O. The molecular weight excluding hydrogens is 266 g/mol. The van der Waals surface area contributed by atoms with Gasteiger partial charge in [-0.15, -0.1) is 0 Å². The minimum Gasteiger partial charge on any atom is -0.327 e. The van der Waals surface area contributed by atoms with Crippen LogP contribution in [0.4, 0.5) is 11.4 Å². The number of nitrogens with one attached hydrogen (secondary N) is 1. The van der Waals surface area contributed by atoms with E-state index in [-0.39, 0.29) is 17.9 Å². The summed E-state index contributed by atoms with van der Waals surface area (Å²) in [5, 5.41) is 2.88. The molecule has 1 heterocycles. The zero-order chi connectivity index (χ0) is 15.4. The van der Waals surface area contributed by atoms with Crippen LogP contribution in [0.5, 0.6) is 0 Å². The number of nitrogens with zero attached hydrogens (tertiary/aromatic N) is 1. The molecule has 1 aliphatic heterocycles. The predicted octanol–water partition coefficient (Wildman–Crippen LogP) is 2.05. The largest absolute Gasteiger partial charge is 0.327 e. The average molecular weight is 289 g/mol. The molecule has 1 aliphatic rings. The Balaban J connectivity index is 2.00. The molecule has 0 bridgehead atoms. The van der Waals surface area contributed by atoms with E-state index < -0.39 is 0 Å². The molecule has 3 N–H and O–H groups in total. The van der Waals surface area contributed by atoms with Crippen LogP contribution in [0.15, 0.2) is 18.2 Å². The molecule has 0 spiro atoms. The second-order valence-electron chi connectivity index (χ2n) is 5.57. The van der Waals surface area contributed by atoms with Crippen LogP contribution in [-0.4, -0.2) is 24.4 Å². The highest BCUT2D eigenvalue weighted by Crippen LogP contribution is 2.30. The quantitative estimate of drug-likeness (QED) is 0.871. The third kappa shape index (κ3) is 3.82. The van der Waals surface area contributed by atoms with Gasteiger partial charge in [-0.1, -0.05) is 13.3 Å². The number of amides is 2. The van der Waals surface area contributed by atoms with E-state index in [1.807, 2.05) is 18.2 Å². The summed E-state index contributed by atoms with van der Waals surface area (Å²) in [5.74, 6) is -0.00612. The van der Waals surface area contributed by atoms with Gasteiger partial charge >= 0.3 is 0 Å². The Morgan fingerprint density at radius 2 is 2.19 bits per heavy atom. The molecular formula is C16H23N3O2. The first-order valence-corrected chi connectivity index (χ1v) is 7.47. The van der Waals surface area contributed by atoms with Crippen molar-refractivity contribution >= 4 is 23.2 Å². The lowest BCUT2D eigenvalue weighted by Crippen LogP contribution is -2.27. The van der Waals surface area contributed by atoms with E-state index in [4.69, 9.17) is 5.73 Å². The number of hydrogen-bond acceptors (Lipinski definition) is 3. The highest BCUT2D eigenvalue weighted by molar-refractivity contribution is 5.95. The van der Waals surface area contributed by atoms with Crippen molar-refractivity contribution in [3.63, 3.8) is 0 Å². The van der Waals surface area contributed by atoms with Gasteiger partial charge in [0.2, 0.25) is 11.8 Å². The fourth-order valence-corrected chi connectivity index (χ4v) is 2.73. The second-order valence-corrected chi connectivity index (χ2v) is 5.57. The number of anilines is 2. The molecule has 5 nitrogen and oxygen atoms in total. The fraction of sp³-hybridized carbons (Fsp3) is 0.500. The minimum atomic E-state index is -0.0855. The average Bonchev–Trinajstić information content (AvgIpc) is 2.81. The van der Waals surface area contributed by atoms with Crippen LogP contribution in [0.25, 0.3) is 0 Å². The fourth-order valence-electron chi connectivity index (χ4n) is 2.73. The van der Waals surface area contributed by atoms with Gasteiger partial charge in [0.05, 0.1) is 0 Å². The highest BCUT2D eigenvalue weighted by atomic mass is 16.2. The maximum absolute atomic E-state index is 11.9. The Hall–Kier alpha value is -1.88. The summed E-state index contributed by atoms with van der Waals surface area (Å²) < 4.78 is 0. The Labute approximate surface area is 125 Å². The number of nitrogens with two attached hydrogens (primary N) is 1.